The van der Waals surface area contributed by atoms with E-state index in [0.29, 0.717) is 23.4 Å². The topological polar surface area (TPSA) is 97.4 Å². The molecule has 1 aliphatic rings. The van der Waals surface area contributed by atoms with E-state index in [9.17, 15) is 10.1 Å². The first kappa shape index (κ1) is 23.2. The first-order valence-electron chi connectivity index (χ1n) is 10.7. The average Bonchev–Trinajstić information content (AvgIpc) is 3.21. The molecule has 0 unspecified atom stereocenters. The number of hydrogen-bond donors (Lipinski definition) is 2. The first-order valence-corrected chi connectivity index (χ1v) is 11.8. The molecule has 2 aromatic carbocycles. The SMILES string of the molecule is Cc1c(C(=O)Nc2ccc(N3CCN(CCO)CC3)c(C#N)c2)cnn1-c1ccc(I)cc1. The summed E-state index contributed by atoms with van der Waals surface area (Å²) < 4.78 is 2.87. The molecule has 0 spiro atoms. The van der Waals surface area contributed by atoms with E-state index in [1.807, 2.05) is 43.3 Å². The molecular weight excluding hydrogens is 531 g/mol. The Hall–Kier alpha value is -2.94. The van der Waals surface area contributed by atoms with Gasteiger partial charge in [-0.1, -0.05) is 0 Å². The highest BCUT2D eigenvalue weighted by Crippen LogP contribution is 2.26. The molecule has 0 radical (unpaired) electrons. The van der Waals surface area contributed by atoms with Crippen molar-refractivity contribution in [2.75, 3.05) is 49.5 Å². The highest BCUT2D eigenvalue weighted by atomic mass is 127. The minimum atomic E-state index is -0.265. The third-order valence-corrected chi connectivity index (χ3v) is 6.55. The molecule has 33 heavy (non-hydrogen) atoms. The van der Waals surface area contributed by atoms with Gasteiger partial charge in [0.05, 0.1) is 41.0 Å². The molecule has 2 N–H and O–H groups in total. The highest BCUT2D eigenvalue weighted by Gasteiger charge is 2.20. The molecule has 1 aliphatic heterocycles. The molecular formula is C24H25IN6O2. The van der Waals surface area contributed by atoms with Crippen LogP contribution in [0.5, 0.6) is 0 Å². The highest BCUT2D eigenvalue weighted by molar-refractivity contribution is 14.1. The molecule has 0 atom stereocenters. The number of piperazine rings is 1. The number of nitriles is 1. The number of benzene rings is 2. The third kappa shape index (κ3) is 5.19. The number of nitrogens with zero attached hydrogens (tertiary/aromatic N) is 5. The van der Waals surface area contributed by atoms with Crippen molar-refractivity contribution in [3.63, 3.8) is 0 Å². The van der Waals surface area contributed by atoms with Gasteiger partial charge in [-0.05, 0) is 72.0 Å². The number of amides is 1. The summed E-state index contributed by atoms with van der Waals surface area (Å²) in [6, 6.07) is 15.6. The molecule has 1 amide bonds. The molecule has 2 heterocycles. The Morgan fingerprint density at radius 3 is 2.58 bits per heavy atom. The van der Waals surface area contributed by atoms with Crippen LogP contribution in [0, 0.1) is 21.8 Å². The van der Waals surface area contributed by atoms with Gasteiger partial charge in [0, 0.05) is 42.0 Å². The van der Waals surface area contributed by atoms with Crippen molar-refractivity contribution in [1.29, 1.82) is 5.26 Å². The summed E-state index contributed by atoms with van der Waals surface area (Å²) in [6.07, 6.45) is 1.56. The van der Waals surface area contributed by atoms with Crippen LogP contribution in [0.3, 0.4) is 0 Å². The normalized spacial score (nSPS) is 14.2. The number of rotatable bonds is 6. The van der Waals surface area contributed by atoms with Crippen LogP contribution in [0.4, 0.5) is 11.4 Å². The standard InChI is InChI=1S/C24H25IN6O2/c1-17-22(16-27-31(17)21-5-2-19(25)3-6-21)24(33)28-20-4-7-23(18(14-20)15-26)30-10-8-29(9-11-30)12-13-32/h2-7,14,16,32H,8-13H2,1H3,(H,28,33). The van der Waals surface area contributed by atoms with Crippen molar-refractivity contribution in [3.05, 3.63) is 69.1 Å². The lowest BCUT2D eigenvalue weighted by Crippen LogP contribution is -2.47. The number of carbonyl (C=O) groups is 1. The zero-order valence-electron chi connectivity index (χ0n) is 18.3. The Morgan fingerprint density at radius 1 is 1.18 bits per heavy atom. The van der Waals surface area contributed by atoms with Crippen LogP contribution in [0.15, 0.2) is 48.7 Å². The van der Waals surface area contributed by atoms with E-state index in [1.54, 1.807) is 16.9 Å². The summed E-state index contributed by atoms with van der Waals surface area (Å²) in [7, 11) is 0. The van der Waals surface area contributed by atoms with Gasteiger partial charge in [0.1, 0.15) is 6.07 Å². The van der Waals surface area contributed by atoms with Gasteiger partial charge >= 0.3 is 0 Å². The Kier molecular flexibility index (Phi) is 7.27. The largest absolute Gasteiger partial charge is 0.395 e. The number of carbonyl (C=O) groups excluding carboxylic acids is 1. The van der Waals surface area contributed by atoms with Crippen LogP contribution in [-0.2, 0) is 0 Å². The lowest BCUT2D eigenvalue weighted by atomic mass is 10.1. The number of aromatic nitrogens is 2. The molecule has 0 bridgehead atoms. The van der Waals surface area contributed by atoms with Crippen molar-refractivity contribution in [2.24, 2.45) is 0 Å². The molecule has 4 rings (SSSR count). The molecule has 1 saturated heterocycles. The Bertz CT molecular complexity index is 1180. The number of hydrogen-bond acceptors (Lipinski definition) is 6. The van der Waals surface area contributed by atoms with Crippen molar-refractivity contribution in [3.8, 4) is 11.8 Å². The van der Waals surface area contributed by atoms with Crippen LogP contribution in [-0.4, -0.2) is 65.0 Å². The molecule has 3 aromatic rings. The van der Waals surface area contributed by atoms with Crippen molar-refractivity contribution in [2.45, 2.75) is 6.92 Å². The Labute approximate surface area is 206 Å². The van der Waals surface area contributed by atoms with Gasteiger partial charge in [0.15, 0.2) is 0 Å². The van der Waals surface area contributed by atoms with Gasteiger partial charge in [0.2, 0.25) is 0 Å². The van der Waals surface area contributed by atoms with E-state index >= 15 is 0 Å². The average molecular weight is 556 g/mol. The molecule has 170 valence electrons. The number of aliphatic hydroxyl groups excluding tert-OH is 1. The maximum atomic E-state index is 12.9. The fourth-order valence-electron chi connectivity index (χ4n) is 4.01. The van der Waals surface area contributed by atoms with Crippen molar-refractivity contribution < 1.29 is 9.90 Å². The number of nitrogens with one attached hydrogen (secondary N) is 1. The van der Waals surface area contributed by atoms with Crippen molar-refractivity contribution in [1.82, 2.24) is 14.7 Å². The second-order valence-corrected chi connectivity index (χ2v) is 9.13. The van der Waals surface area contributed by atoms with Crippen molar-refractivity contribution >= 4 is 39.9 Å². The second kappa shape index (κ2) is 10.3. The first-order chi connectivity index (χ1) is 16.0. The zero-order chi connectivity index (χ0) is 23.4. The number of anilines is 2. The Morgan fingerprint density at radius 2 is 1.91 bits per heavy atom. The smallest absolute Gasteiger partial charge is 0.259 e. The molecule has 1 aromatic heterocycles. The molecule has 0 aliphatic carbocycles. The predicted octanol–water partition coefficient (Wildman–Crippen LogP) is 3.02. The van der Waals surface area contributed by atoms with Gasteiger partial charge in [-0.25, -0.2) is 4.68 Å². The fourth-order valence-corrected chi connectivity index (χ4v) is 4.37. The summed E-state index contributed by atoms with van der Waals surface area (Å²) in [5, 5.41) is 26.1. The van der Waals surface area contributed by atoms with Gasteiger partial charge in [-0.15, -0.1) is 0 Å². The summed E-state index contributed by atoms with van der Waals surface area (Å²) in [4.78, 5) is 17.3. The van der Waals surface area contributed by atoms with E-state index in [-0.39, 0.29) is 12.5 Å². The summed E-state index contributed by atoms with van der Waals surface area (Å²) >= 11 is 2.25. The van der Waals surface area contributed by atoms with E-state index in [1.165, 1.54) is 0 Å². The van der Waals surface area contributed by atoms with Crippen LogP contribution in [0.25, 0.3) is 5.69 Å². The molecule has 1 fully saturated rings. The third-order valence-electron chi connectivity index (χ3n) is 5.83. The summed E-state index contributed by atoms with van der Waals surface area (Å²) in [5.74, 6) is -0.265. The zero-order valence-corrected chi connectivity index (χ0v) is 20.5. The van der Waals surface area contributed by atoms with E-state index in [2.05, 4.69) is 48.9 Å². The van der Waals surface area contributed by atoms with Gasteiger partial charge in [0.25, 0.3) is 5.91 Å². The predicted molar refractivity (Wildman–Crippen MR) is 136 cm³/mol. The van der Waals surface area contributed by atoms with Gasteiger partial charge < -0.3 is 15.3 Å². The lowest BCUT2D eigenvalue weighted by molar-refractivity contribution is 0.102. The maximum Gasteiger partial charge on any atom is 0.259 e. The molecule has 0 saturated carbocycles. The van der Waals surface area contributed by atoms with E-state index in [0.717, 1.165) is 46.8 Å². The van der Waals surface area contributed by atoms with E-state index < -0.39 is 0 Å². The molecule has 9 heteroatoms. The van der Waals surface area contributed by atoms with Crippen LogP contribution in [0.2, 0.25) is 0 Å². The minimum absolute atomic E-state index is 0.154. The second-order valence-electron chi connectivity index (χ2n) is 7.88. The summed E-state index contributed by atoms with van der Waals surface area (Å²) in [5.41, 5.74) is 4.07. The number of β-amino-alcohol motifs (C(OH)–C–C–N with tert-alkyl or cyclic N) is 1. The van der Waals surface area contributed by atoms with E-state index in [4.69, 9.17) is 5.11 Å². The van der Waals surface area contributed by atoms with Gasteiger partial charge in [-0.2, -0.15) is 10.4 Å². The van der Waals surface area contributed by atoms with Crippen LogP contribution in [0.1, 0.15) is 21.6 Å². The molecule has 8 nitrogen and oxygen atoms in total. The monoisotopic (exact) mass is 556 g/mol. The Balaban J connectivity index is 1.48. The van der Waals surface area contributed by atoms with Crippen LogP contribution < -0.4 is 10.2 Å². The quantitative estimate of drug-likeness (QED) is 0.454. The van der Waals surface area contributed by atoms with Crippen LogP contribution >= 0.6 is 22.6 Å². The lowest BCUT2D eigenvalue weighted by Gasteiger charge is -2.36. The number of halogens is 1. The maximum absolute atomic E-state index is 12.9. The summed E-state index contributed by atoms with van der Waals surface area (Å²) in [6.45, 7) is 5.95. The van der Waals surface area contributed by atoms with Gasteiger partial charge in [-0.3, -0.25) is 9.69 Å². The fraction of sp³-hybridized carbons (Fsp3) is 0.292. The number of aliphatic hydroxyl groups is 1. The minimum Gasteiger partial charge on any atom is -0.395 e.